The summed E-state index contributed by atoms with van der Waals surface area (Å²) in [5.74, 6) is -1.41. The fourth-order valence-electron chi connectivity index (χ4n) is 0.858. The van der Waals surface area contributed by atoms with Gasteiger partial charge in [-0.2, -0.15) is 0 Å². The molecule has 0 N–H and O–H groups in total. The van der Waals surface area contributed by atoms with Crippen LogP contribution >= 0.6 is 0 Å². The molecule has 0 bridgehead atoms. The Hall–Kier alpha value is -1.65. The van der Waals surface area contributed by atoms with E-state index in [1.165, 1.54) is 14.2 Å². The molecule has 0 aromatic heterocycles. The molecule has 0 amide bonds. The smallest absolute Gasteiger partial charge is 0.333 e. The first-order chi connectivity index (χ1) is 7.01. The number of rotatable bonds is 6. The molecule has 0 rings (SSSR count). The van der Waals surface area contributed by atoms with E-state index < -0.39 is 11.9 Å². The third-order valence-corrected chi connectivity index (χ3v) is 1.75. The summed E-state index contributed by atoms with van der Waals surface area (Å²) in [6, 6.07) is 0. The molecule has 0 aliphatic heterocycles. The molecule has 5 nitrogen and oxygen atoms in total. The largest absolute Gasteiger partial charge is 0.469 e. The third kappa shape index (κ3) is 5.61. The highest BCUT2D eigenvalue weighted by molar-refractivity contribution is 5.96. The number of carbonyl (C=O) groups excluding carboxylic acids is 3. The molecule has 0 aromatic rings. The Morgan fingerprint density at radius 3 is 2.13 bits per heavy atom. The first-order valence-electron chi connectivity index (χ1n) is 4.35. The van der Waals surface area contributed by atoms with Crippen LogP contribution in [0.5, 0.6) is 0 Å². The second-order valence-electron chi connectivity index (χ2n) is 2.89. The maximum Gasteiger partial charge on any atom is 0.333 e. The zero-order valence-electron chi connectivity index (χ0n) is 8.87. The highest BCUT2D eigenvalue weighted by atomic mass is 16.5. The zero-order chi connectivity index (χ0) is 11.8. The summed E-state index contributed by atoms with van der Waals surface area (Å²) in [6.45, 7) is 3.45. The van der Waals surface area contributed by atoms with Gasteiger partial charge < -0.3 is 9.47 Å². The number of hydrogen-bond acceptors (Lipinski definition) is 5. The number of ether oxygens (including phenoxy) is 2. The summed E-state index contributed by atoms with van der Waals surface area (Å²) < 4.78 is 8.73. The fraction of sp³-hybridized carbons (Fsp3) is 0.500. The minimum Gasteiger partial charge on any atom is -0.469 e. The minimum absolute atomic E-state index is 0.0863. The molecule has 0 fully saturated rings. The Morgan fingerprint density at radius 2 is 1.67 bits per heavy atom. The van der Waals surface area contributed by atoms with Gasteiger partial charge in [0.25, 0.3) is 0 Å². The summed E-state index contributed by atoms with van der Waals surface area (Å²) in [6.07, 6.45) is 0.0104. The molecule has 0 unspecified atom stereocenters. The summed E-state index contributed by atoms with van der Waals surface area (Å²) in [5, 5.41) is 0. The Labute approximate surface area is 88.0 Å². The standard InChI is InChI=1S/C10H14O5/c1-7(10(13)15-3)4-5-8(11)6-9(12)14-2/h1,4-6H2,2-3H3. The molecule has 0 aliphatic carbocycles. The zero-order valence-corrected chi connectivity index (χ0v) is 8.87. The van der Waals surface area contributed by atoms with Gasteiger partial charge in [0.05, 0.1) is 14.2 Å². The predicted octanol–water partition coefficient (Wildman–Crippen LogP) is 0.628. The van der Waals surface area contributed by atoms with Crippen LogP contribution in [-0.2, 0) is 23.9 Å². The number of Topliss-reactive ketones (excluding diaryl/α,β-unsaturated/α-hetero) is 1. The summed E-state index contributed by atoms with van der Waals surface area (Å²) in [5.41, 5.74) is 0.218. The number of hydrogen-bond donors (Lipinski definition) is 0. The van der Waals surface area contributed by atoms with Gasteiger partial charge in [-0.25, -0.2) is 4.79 Å². The second-order valence-corrected chi connectivity index (χ2v) is 2.89. The molecule has 0 saturated carbocycles. The summed E-state index contributed by atoms with van der Waals surface area (Å²) >= 11 is 0. The van der Waals surface area contributed by atoms with Crippen molar-refractivity contribution in [2.24, 2.45) is 0 Å². The van der Waals surface area contributed by atoms with Crippen molar-refractivity contribution in [2.75, 3.05) is 14.2 Å². The number of ketones is 1. The molecule has 0 saturated heterocycles. The van der Waals surface area contributed by atoms with Crippen molar-refractivity contribution < 1.29 is 23.9 Å². The van der Waals surface area contributed by atoms with Crippen LogP contribution in [-0.4, -0.2) is 31.9 Å². The average molecular weight is 214 g/mol. The molecule has 15 heavy (non-hydrogen) atoms. The third-order valence-electron chi connectivity index (χ3n) is 1.75. The Balaban J connectivity index is 3.86. The number of carbonyl (C=O) groups is 3. The monoisotopic (exact) mass is 214 g/mol. The Bertz CT molecular complexity index is 280. The van der Waals surface area contributed by atoms with Crippen LogP contribution in [0.4, 0.5) is 0 Å². The molecule has 0 aliphatic rings. The van der Waals surface area contributed by atoms with Crippen LogP contribution in [0, 0.1) is 0 Å². The molecule has 0 heterocycles. The van der Waals surface area contributed by atoms with Gasteiger partial charge in [0.2, 0.25) is 0 Å². The summed E-state index contributed by atoms with van der Waals surface area (Å²) in [4.78, 5) is 32.7. The van der Waals surface area contributed by atoms with Crippen molar-refractivity contribution in [1.82, 2.24) is 0 Å². The molecule has 0 atom stereocenters. The van der Waals surface area contributed by atoms with Crippen LogP contribution in [0.15, 0.2) is 12.2 Å². The topological polar surface area (TPSA) is 69.7 Å². The van der Waals surface area contributed by atoms with Crippen LogP contribution < -0.4 is 0 Å². The van der Waals surface area contributed by atoms with E-state index in [1.54, 1.807) is 0 Å². The van der Waals surface area contributed by atoms with E-state index in [2.05, 4.69) is 16.1 Å². The molecular formula is C10H14O5. The first kappa shape index (κ1) is 13.4. The SMILES string of the molecule is C=C(CCC(=O)CC(=O)OC)C(=O)OC. The fourth-order valence-corrected chi connectivity index (χ4v) is 0.858. The average Bonchev–Trinajstić information content (AvgIpc) is 2.24. The van der Waals surface area contributed by atoms with E-state index >= 15 is 0 Å². The van der Waals surface area contributed by atoms with Gasteiger partial charge in [-0.05, 0) is 6.42 Å². The van der Waals surface area contributed by atoms with E-state index in [4.69, 9.17) is 0 Å². The second kappa shape index (κ2) is 6.75. The molecule has 5 heteroatoms. The summed E-state index contributed by atoms with van der Waals surface area (Å²) in [7, 11) is 2.45. The first-order valence-corrected chi connectivity index (χ1v) is 4.35. The highest BCUT2D eigenvalue weighted by Crippen LogP contribution is 2.06. The van der Waals surface area contributed by atoms with Gasteiger partial charge in [-0.3, -0.25) is 9.59 Å². The molecule has 84 valence electrons. The maximum absolute atomic E-state index is 11.1. The lowest BCUT2D eigenvalue weighted by atomic mass is 10.1. The minimum atomic E-state index is -0.580. The maximum atomic E-state index is 11.1. The van der Waals surface area contributed by atoms with E-state index in [0.717, 1.165) is 0 Å². The Morgan fingerprint density at radius 1 is 1.07 bits per heavy atom. The quantitative estimate of drug-likeness (QED) is 0.368. The van der Waals surface area contributed by atoms with Crippen molar-refractivity contribution in [3.05, 3.63) is 12.2 Å². The van der Waals surface area contributed by atoms with Gasteiger partial charge in [-0.15, -0.1) is 0 Å². The van der Waals surface area contributed by atoms with E-state index in [0.29, 0.717) is 0 Å². The molecule has 0 spiro atoms. The van der Waals surface area contributed by atoms with Crippen molar-refractivity contribution in [2.45, 2.75) is 19.3 Å². The predicted molar refractivity (Wildman–Crippen MR) is 52.0 cm³/mol. The van der Waals surface area contributed by atoms with Crippen LogP contribution in [0.25, 0.3) is 0 Å². The van der Waals surface area contributed by atoms with E-state index in [-0.39, 0.29) is 30.6 Å². The number of esters is 2. The molecule has 0 aromatic carbocycles. The van der Waals surface area contributed by atoms with E-state index in [1.807, 2.05) is 0 Å². The van der Waals surface area contributed by atoms with Gasteiger partial charge in [0.15, 0.2) is 0 Å². The highest BCUT2D eigenvalue weighted by Gasteiger charge is 2.12. The van der Waals surface area contributed by atoms with Crippen LogP contribution in [0.3, 0.4) is 0 Å². The van der Waals surface area contributed by atoms with Crippen molar-refractivity contribution >= 4 is 17.7 Å². The van der Waals surface area contributed by atoms with Crippen molar-refractivity contribution in [3.8, 4) is 0 Å². The lowest BCUT2D eigenvalue weighted by Crippen LogP contribution is -2.11. The lowest BCUT2D eigenvalue weighted by Gasteiger charge is -2.02. The Kier molecular flexibility index (Phi) is 6.01. The molecule has 0 radical (unpaired) electrons. The number of methoxy groups -OCH3 is 2. The van der Waals surface area contributed by atoms with Crippen LogP contribution in [0.1, 0.15) is 19.3 Å². The van der Waals surface area contributed by atoms with E-state index in [9.17, 15) is 14.4 Å². The van der Waals surface area contributed by atoms with Gasteiger partial charge in [0, 0.05) is 12.0 Å². The van der Waals surface area contributed by atoms with Crippen molar-refractivity contribution in [3.63, 3.8) is 0 Å². The van der Waals surface area contributed by atoms with Crippen LogP contribution in [0.2, 0.25) is 0 Å². The van der Waals surface area contributed by atoms with Gasteiger partial charge in [0.1, 0.15) is 12.2 Å². The van der Waals surface area contributed by atoms with Gasteiger partial charge in [-0.1, -0.05) is 6.58 Å². The van der Waals surface area contributed by atoms with Crippen molar-refractivity contribution in [1.29, 1.82) is 0 Å². The molecular weight excluding hydrogens is 200 g/mol. The normalized spacial score (nSPS) is 9.20. The lowest BCUT2D eigenvalue weighted by molar-refractivity contribution is -0.143. The van der Waals surface area contributed by atoms with Gasteiger partial charge >= 0.3 is 11.9 Å².